The first-order valence-electron chi connectivity index (χ1n) is 5.95. The molecule has 2 rings (SSSR count). The second kappa shape index (κ2) is 6.14. The van der Waals surface area contributed by atoms with Crippen molar-refractivity contribution < 1.29 is 14.4 Å². The molecule has 1 aromatic carbocycles. The van der Waals surface area contributed by atoms with Crippen LogP contribution >= 0.6 is 22.6 Å². The van der Waals surface area contributed by atoms with Gasteiger partial charge in [-0.25, -0.2) is 0 Å². The van der Waals surface area contributed by atoms with Gasteiger partial charge in [-0.05, 0) is 46.9 Å². The fourth-order valence-electron chi connectivity index (χ4n) is 1.86. The minimum atomic E-state index is -0.199. The van der Waals surface area contributed by atoms with E-state index >= 15 is 0 Å². The Hall–Kier alpha value is -1.44. The van der Waals surface area contributed by atoms with Crippen molar-refractivity contribution in [1.29, 1.82) is 0 Å². The van der Waals surface area contributed by atoms with Crippen molar-refractivity contribution in [3.63, 3.8) is 0 Å². The van der Waals surface area contributed by atoms with Crippen molar-refractivity contribution in [2.45, 2.75) is 12.8 Å². The quantitative estimate of drug-likeness (QED) is 0.638. The highest BCUT2D eigenvalue weighted by atomic mass is 127. The van der Waals surface area contributed by atoms with E-state index in [2.05, 4.69) is 27.9 Å². The van der Waals surface area contributed by atoms with Gasteiger partial charge in [0.05, 0.1) is 0 Å². The minimum Gasteiger partial charge on any atom is -0.350 e. The standard InChI is InChI=1S/C13H13IN2O3/c14-10-3-1-9(2-4-10)13(19)15-7-8-16-11(17)5-6-12(16)18/h1-4H,5-8H2,(H,15,19). The number of amides is 3. The average molecular weight is 372 g/mol. The number of nitrogens with one attached hydrogen (secondary N) is 1. The topological polar surface area (TPSA) is 66.5 Å². The molecule has 1 N–H and O–H groups in total. The Morgan fingerprint density at radius 2 is 1.74 bits per heavy atom. The molecule has 0 spiro atoms. The molecule has 1 aromatic rings. The molecule has 0 bridgehead atoms. The molecule has 6 heteroatoms. The van der Waals surface area contributed by atoms with Gasteiger partial charge < -0.3 is 5.32 Å². The Bertz CT molecular complexity index is 497. The average Bonchev–Trinajstić information content (AvgIpc) is 2.71. The summed E-state index contributed by atoms with van der Waals surface area (Å²) in [6, 6.07) is 7.18. The smallest absolute Gasteiger partial charge is 0.251 e. The van der Waals surface area contributed by atoms with E-state index in [0.717, 1.165) is 3.57 Å². The summed E-state index contributed by atoms with van der Waals surface area (Å²) in [5.41, 5.74) is 0.569. The lowest BCUT2D eigenvalue weighted by molar-refractivity contribution is -0.138. The molecule has 1 fully saturated rings. The van der Waals surface area contributed by atoms with E-state index in [4.69, 9.17) is 0 Å². The number of carbonyl (C=O) groups excluding carboxylic acids is 3. The number of benzene rings is 1. The molecule has 1 heterocycles. The van der Waals surface area contributed by atoms with E-state index in [9.17, 15) is 14.4 Å². The monoisotopic (exact) mass is 372 g/mol. The highest BCUT2D eigenvalue weighted by molar-refractivity contribution is 14.1. The normalized spacial score (nSPS) is 14.9. The molecule has 1 aliphatic rings. The van der Waals surface area contributed by atoms with Crippen molar-refractivity contribution in [2.75, 3.05) is 13.1 Å². The van der Waals surface area contributed by atoms with Gasteiger partial charge in [0.15, 0.2) is 0 Å². The van der Waals surface area contributed by atoms with Crippen LogP contribution in [0.1, 0.15) is 23.2 Å². The molecule has 0 atom stereocenters. The fraction of sp³-hybridized carbons (Fsp3) is 0.308. The van der Waals surface area contributed by atoms with Crippen LogP contribution in [0.2, 0.25) is 0 Å². The summed E-state index contributed by atoms with van der Waals surface area (Å²) in [5, 5.41) is 2.70. The Kier molecular flexibility index (Phi) is 4.52. The van der Waals surface area contributed by atoms with Gasteiger partial charge in [0.1, 0.15) is 0 Å². The Balaban J connectivity index is 1.82. The van der Waals surface area contributed by atoms with Crippen LogP contribution < -0.4 is 5.32 Å². The Labute approximate surface area is 124 Å². The molecular formula is C13H13IN2O3. The molecule has 100 valence electrons. The van der Waals surface area contributed by atoms with Crippen LogP contribution in [0, 0.1) is 3.57 Å². The summed E-state index contributed by atoms with van der Waals surface area (Å²) >= 11 is 2.17. The Morgan fingerprint density at radius 1 is 1.16 bits per heavy atom. The maximum Gasteiger partial charge on any atom is 0.251 e. The number of nitrogens with zero attached hydrogens (tertiary/aromatic N) is 1. The zero-order valence-electron chi connectivity index (χ0n) is 10.2. The zero-order chi connectivity index (χ0) is 13.8. The van der Waals surface area contributed by atoms with E-state index in [-0.39, 0.29) is 43.7 Å². The maximum atomic E-state index is 11.8. The molecule has 0 saturated carbocycles. The second-order valence-electron chi connectivity index (χ2n) is 4.20. The first-order chi connectivity index (χ1) is 9.08. The van der Waals surface area contributed by atoms with E-state index in [1.54, 1.807) is 12.1 Å². The molecule has 1 saturated heterocycles. The van der Waals surface area contributed by atoms with Crippen molar-refractivity contribution in [3.8, 4) is 0 Å². The van der Waals surface area contributed by atoms with Gasteiger partial charge in [0, 0.05) is 35.1 Å². The summed E-state index contributed by atoms with van der Waals surface area (Å²) < 4.78 is 1.06. The third kappa shape index (κ3) is 3.52. The number of halogens is 1. The highest BCUT2D eigenvalue weighted by Crippen LogP contribution is 2.10. The number of carbonyl (C=O) groups is 3. The fourth-order valence-corrected chi connectivity index (χ4v) is 2.22. The van der Waals surface area contributed by atoms with E-state index in [0.29, 0.717) is 5.56 Å². The van der Waals surface area contributed by atoms with Gasteiger partial charge in [-0.2, -0.15) is 0 Å². The predicted molar refractivity (Wildman–Crippen MR) is 77.4 cm³/mol. The van der Waals surface area contributed by atoms with Crippen LogP contribution in [-0.2, 0) is 9.59 Å². The number of rotatable bonds is 4. The van der Waals surface area contributed by atoms with E-state index < -0.39 is 0 Å². The summed E-state index contributed by atoms with van der Waals surface area (Å²) in [5.74, 6) is -0.516. The van der Waals surface area contributed by atoms with Crippen molar-refractivity contribution in [3.05, 3.63) is 33.4 Å². The number of likely N-dealkylation sites (tertiary alicyclic amines) is 1. The number of hydrogen-bond donors (Lipinski definition) is 1. The highest BCUT2D eigenvalue weighted by Gasteiger charge is 2.28. The van der Waals surface area contributed by atoms with Crippen LogP contribution in [0.5, 0.6) is 0 Å². The van der Waals surface area contributed by atoms with Crippen molar-refractivity contribution >= 4 is 40.3 Å². The first-order valence-corrected chi connectivity index (χ1v) is 7.03. The zero-order valence-corrected chi connectivity index (χ0v) is 12.3. The van der Waals surface area contributed by atoms with Crippen LogP contribution in [-0.4, -0.2) is 35.7 Å². The van der Waals surface area contributed by atoms with Crippen molar-refractivity contribution in [1.82, 2.24) is 10.2 Å². The molecule has 0 radical (unpaired) electrons. The lowest BCUT2D eigenvalue weighted by atomic mass is 10.2. The van der Waals surface area contributed by atoms with Crippen LogP contribution in [0.25, 0.3) is 0 Å². The van der Waals surface area contributed by atoms with Crippen LogP contribution in [0.15, 0.2) is 24.3 Å². The first kappa shape index (κ1) is 14.0. The summed E-state index contributed by atoms with van der Waals surface area (Å²) in [6.45, 7) is 0.524. The summed E-state index contributed by atoms with van der Waals surface area (Å²) in [6.07, 6.45) is 0.563. The second-order valence-corrected chi connectivity index (χ2v) is 5.45. The third-order valence-electron chi connectivity index (χ3n) is 2.88. The molecule has 3 amide bonds. The number of hydrogen-bond acceptors (Lipinski definition) is 3. The van der Waals surface area contributed by atoms with Crippen LogP contribution in [0.3, 0.4) is 0 Å². The minimum absolute atomic E-state index is 0.159. The van der Waals surface area contributed by atoms with Gasteiger partial charge in [0.2, 0.25) is 11.8 Å². The van der Waals surface area contributed by atoms with E-state index in [1.807, 2.05) is 12.1 Å². The lowest BCUT2D eigenvalue weighted by Gasteiger charge is -2.14. The third-order valence-corrected chi connectivity index (χ3v) is 3.60. The van der Waals surface area contributed by atoms with Gasteiger partial charge in [-0.15, -0.1) is 0 Å². The summed E-state index contributed by atoms with van der Waals surface area (Å²) in [7, 11) is 0. The molecule has 5 nitrogen and oxygen atoms in total. The molecule has 0 aliphatic carbocycles. The SMILES string of the molecule is O=C(NCCN1C(=O)CCC1=O)c1ccc(I)cc1. The molecular weight excluding hydrogens is 359 g/mol. The molecule has 0 aromatic heterocycles. The molecule has 1 aliphatic heterocycles. The van der Waals surface area contributed by atoms with E-state index in [1.165, 1.54) is 4.90 Å². The van der Waals surface area contributed by atoms with Gasteiger partial charge in [0.25, 0.3) is 5.91 Å². The maximum absolute atomic E-state index is 11.8. The van der Waals surface area contributed by atoms with Crippen molar-refractivity contribution in [2.24, 2.45) is 0 Å². The van der Waals surface area contributed by atoms with Gasteiger partial charge >= 0.3 is 0 Å². The van der Waals surface area contributed by atoms with Gasteiger partial charge in [-0.3, -0.25) is 19.3 Å². The Morgan fingerprint density at radius 3 is 2.32 bits per heavy atom. The van der Waals surface area contributed by atoms with Gasteiger partial charge in [-0.1, -0.05) is 0 Å². The lowest BCUT2D eigenvalue weighted by Crippen LogP contribution is -2.37. The predicted octanol–water partition coefficient (Wildman–Crippen LogP) is 1.17. The largest absolute Gasteiger partial charge is 0.350 e. The summed E-state index contributed by atoms with van der Waals surface area (Å²) in [4.78, 5) is 35.7. The van der Waals surface area contributed by atoms with Crippen LogP contribution in [0.4, 0.5) is 0 Å². The molecule has 19 heavy (non-hydrogen) atoms. The molecule has 0 unspecified atom stereocenters. The number of imide groups is 1.